The molecule has 48 heavy (non-hydrogen) atoms. The molecule has 9 aromatic carbocycles. The van der Waals surface area contributed by atoms with E-state index >= 15 is 0 Å². The van der Waals surface area contributed by atoms with Gasteiger partial charge in [0.2, 0.25) is 0 Å². The van der Waals surface area contributed by atoms with Crippen LogP contribution >= 0.6 is 0 Å². The van der Waals surface area contributed by atoms with Gasteiger partial charge in [-0.3, -0.25) is 0 Å². The number of hydrogen-bond donors (Lipinski definition) is 0. The van der Waals surface area contributed by atoms with Crippen molar-refractivity contribution >= 4 is 65.0 Å². The fourth-order valence-electron chi connectivity index (χ4n) is 8.88. The summed E-state index contributed by atoms with van der Waals surface area (Å²) in [7, 11) is 0. The largest absolute Gasteiger partial charge is 0.456 e. The Labute approximate surface area is 278 Å². The Morgan fingerprint density at radius 3 is 1.81 bits per heavy atom. The molecule has 0 atom stereocenters. The van der Waals surface area contributed by atoms with Gasteiger partial charge in [-0.2, -0.15) is 0 Å². The van der Waals surface area contributed by atoms with Crippen LogP contribution in [0.5, 0.6) is 0 Å². The molecule has 10 aromatic rings. The maximum atomic E-state index is 6.29. The van der Waals surface area contributed by atoms with Crippen molar-refractivity contribution in [1.29, 1.82) is 0 Å². The van der Waals surface area contributed by atoms with Gasteiger partial charge in [-0.15, -0.1) is 0 Å². The molecule has 224 valence electrons. The molecule has 1 aliphatic rings. The van der Waals surface area contributed by atoms with Gasteiger partial charge in [0.15, 0.2) is 0 Å². The zero-order chi connectivity index (χ0) is 31.7. The van der Waals surface area contributed by atoms with E-state index in [0.29, 0.717) is 0 Å². The number of furan rings is 1. The molecule has 1 nitrogen and oxygen atoms in total. The fraction of sp³-hybridized carbons (Fsp3) is 0.0638. The highest BCUT2D eigenvalue weighted by Crippen LogP contribution is 2.52. The molecule has 0 saturated heterocycles. The van der Waals surface area contributed by atoms with Crippen molar-refractivity contribution in [3.63, 3.8) is 0 Å². The van der Waals surface area contributed by atoms with Gasteiger partial charge in [0, 0.05) is 16.2 Å². The molecule has 1 aromatic heterocycles. The van der Waals surface area contributed by atoms with Crippen LogP contribution in [0.1, 0.15) is 25.0 Å². The lowest BCUT2D eigenvalue weighted by molar-refractivity contribution is 0.661. The first kappa shape index (κ1) is 26.2. The summed E-state index contributed by atoms with van der Waals surface area (Å²) in [6.45, 7) is 4.76. The van der Waals surface area contributed by atoms with Crippen LogP contribution < -0.4 is 0 Å². The van der Waals surface area contributed by atoms with Gasteiger partial charge in [-0.1, -0.05) is 129 Å². The molecule has 0 bridgehead atoms. The Hall–Kier alpha value is -5.92. The third kappa shape index (κ3) is 3.35. The Kier molecular flexibility index (Phi) is 4.97. The van der Waals surface area contributed by atoms with Crippen molar-refractivity contribution in [3.05, 3.63) is 157 Å². The van der Waals surface area contributed by atoms with Gasteiger partial charge in [-0.25, -0.2) is 0 Å². The quantitative estimate of drug-likeness (QED) is 0.178. The van der Waals surface area contributed by atoms with Crippen LogP contribution in [0, 0.1) is 0 Å². The van der Waals surface area contributed by atoms with E-state index in [1.165, 1.54) is 93.0 Å². The normalized spacial score (nSPS) is 13.8. The third-order valence-corrected chi connectivity index (χ3v) is 11.2. The highest BCUT2D eigenvalue weighted by molar-refractivity contribution is 6.28. The van der Waals surface area contributed by atoms with Gasteiger partial charge < -0.3 is 4.42 Å². The summed E-state index contributed by atoms with van der Waals surface area (Å²) in [5.74, 6) is 0. The Bertz CT molecular complexity index is 2970. The predicted molar refractivity (Wildman–Crippen MR) is 203 cm³/mol. The Morgan fingerprint density at radius 2 is 1.00 bits per heavy atom. The van der Waals surface area contributed by atoms with E-state index in [1.807, 2.05) is 6.07 Å². The van der Waals surface area contributed by atoms with E-state index in [0.717, 1.165) is 16.6 Å². The van der Waals surface area contributed by atoms with Crippen molar-refractivity contribution in [1.82, 2.24) is 0 Å². The second-order valence-corrected chi connectivity index (χ2v) is 14.1. The van der Waals surface area contributed by atoms with Gasteiger partial charge in [-0.05, 0) is 118 Å². The van der Waals surface area contributed by atoms with E-state index in [4.69, 9.17) is 4.42 Å². The Morgan fingerprint density at radius 1 is 0.375 bits per heavy atom. The molecular weight excluding hydrogens is 581 g/mol. The zero-order valence-corrected chi connectivity index (χ0v) is 26.8. The smallest absolute Gasteiger partial charge is 0.136 e. The molecule has 11 rings (SSSR count). The molecule has 0 fully saturated rings. The van der Waals surface area contributed by atoms with Crippen molar-refractivity contribution in [2.45, 2.75) is 19.3 Å². The second-order valence-electron chi connectivity index (χ2n) is 14.1. The van der Waals surface area contributed by atoms with Crippen molar-refractivity contribution in [2.75, 3.05) is 0 Å². The summed E-state index contributed by atoms with van der Waals surface area (Å²) in [5.41, 5.74) is 12.3. The minimum atomic E-state index is -0.0817. The van der Waals surface area contributed by atoms with Crippen LogP contribution in [0.25, 0.3) is 98.4 Å². The first-order chi connectivity index (χ1) is 23.5. The molecular formula is C47H30O. The zero-order valence-electron chi connectivity index (χ0n) is 26.8. The minimum Gasteiger partial charge on any atom is -0.456 e. The summed E-state index contributed by atoms with van der Waals surface area (Å²) < 4.78 is 6.29. The molecule has 0 unspecified atom stereocenters. The van der Waals surface area contributed by atoms with Crippen molar-refractivity contribution in [3.8, 4) is 33.4 Å². The summed E-state index contributed by atoms with van der Waals surface area (Å²) in [6.07, 6.45) is 0. The topological polar surface area (TPSA) is 13.1 Å². The third-order valence-electron chi connectivity index (χ3n) is 11.2. The van der Waals surface area contributed by atoms with Gasteiger partial charge in [0.25, 0.3) is 0 Å². The number of fused-ring (bicyclic) bond motifs is 7. The molecule has 1 aliphatic carbocycles. The SMILES string of the molecule is CC1(C)c2cc(-c3ccc4ccc5c(-c6cccc7oc8ccccc8c67)ccc6ccc3c4c65)ccc2-c2cc3ccccc3cc21. The lowest BCUT2D eigenvalue weighted by Crippen LogP contribution is -2.15. The van der Waals surface area contributed by atoms with Crippen LogP contribution in [0.4, 0.5) is 0 Å². The number of para-hydroxylation sites is 1. The molecule has 1 heteroatoms. The highest BCUT2D eigenvalue weighted by Gasteiger charge is 2.36. The van der Waals surface area contributed by atoms with Crippen LogP contribution in [-0.4, -0.2) is 0 Å². The van der Waals surface area contributed by atoms with Crippen LogP contribution in [0.3, 0.4) is 0 Å². The number of benzene rings is 9. The maximum absolute atomic E-state index is 6.29. The van der Waals surface area contributed by atoms with E-state index in [9.17, 15) is 0 Å². The molecule has 1 heterocycles. The standard InChI is InChI=1S/C47H30O/c1-47(2)40-26-31(18-21-34(40)39-24-29-8-3-4-9-30(29)25-41(39)47)32-19-14-27-17-23-37-33(20-15-28-16-22-36(32)44(27)45(28)37)35-11-7-13-43-46(35)38-10-5-6-12-42(38)48-43/h3-26H,1-2H3. The molecule has 0 spiro atoms. The average molecular weight is 611 g/mol. The van der Waals surface area contributed by atoms with E-state index in [1.54, 1.807) is 0 Å². The molecule has 0 amide bonds. The highest BCUT2D eigenvalue weighted by atomic mass is 16.3. The van der Waals surface area contributed by atoms with Crippen molar-refractivity contribution in [2.24, 2.45) is 0 Å². The first-order valence-corrected chi connectivity index (χ1v) is 16.8. The number of hydrogen-bond acceptors (Lipinski definition) is 1. The lowest BCUT2D eigenvalue weighted by Gasteiger charge is -2.23. The van der Waals surface area contributed by atoms with Crippen LogP contribution in [0.2, 0.25) is 0 Å². The summed E-state index contributed by atoms with van der Waals surface area (Å²) in [4.78, 5) is 0. The Balaban J connectivity index is 1.14. The fourth-order valence-corrected chi connectivity index (χ4v) is 8.88. The van der Waals surface area contributed by atoms with E-state index in [2.05, 4.69) is 153 Å². The molecule has 0 saturated carbocycles. The van der Waals surface area contributed by atoms with Gasteiger partial charge in [0.05, 0.1) is 0 Å². The molecule has 0 aliphatic heterocycles. The monoisotopic (exact) mass is 610 g/mol. The van der Waals surface area contributed by atoms with Gasteiger partial charge >= 0.3 is 0 Å². The summed E-state index contributed by atoms with van der Waals surface area (Å²) in [5, 5.41) is 12.7. The van der Waals surface area contributed by atoms with Crippen LogP contribution in [-0.2, 0) is 5.41 Å². The molecule has 0 N–H and O–H groups in total. The minimum absolute atomic E-state index is 0.0817. The maximum Gasteiger partial charge on any atom is 0.136 e. The predicted octanol–water partition coefficient (Wildman–Crippen LogP) is 13.3. The average Bonchev–Trinajstić information content (AvgIpc) is 3.61. The van der Waals surface area contributed by atoms with E-state index < -0.39 is 0 Å². The van der Waals surface area contributed by atoms with Crippen LogP contribution in [0.15, 0.2) is 150 Å². The number of rotatable bonds is 2. The first-order valence-electron chi connectivity index (χ1n) is 16.8. The van der Waals surface area contributed by atoms with Gasteiger partial charge in [0.1, 0.15) is 11.2 Å². The molecule has 0 radical (unpaired) electrons. The summed E-state index contributed by atoms with van der Waals surface area (Å²) in [6, 6.07) is 54.0. The van der Waals surface area contributed by atoms with E-state index in [-0.39, 0.29) is 5.41 Å². The summed E-state index contributed by atoms with van der Waals surface area (Å²) >= 11 is 0. The second kappa shape index (κ2) is 9.12. The lowest BCUT2D eigenvalue weighted by atomic mass is 9.80. The van der Waals surface area contributed by atoms with Crippen molar-refractivity contribution < 1.29 is 4.42 Å².